The molecule has 0 spiro atoms. The second kappa shape index (κ2) is 9.88. The quantitative estimate of drug-likeness (QED) is 0.427. The molecule has 0 amide bonds. The Hall–Kier alpha value is -1.08. The molecule has 0 radical (unpaired) electrons. The zero-order valence-electron chi connectivity index (χ0n) is 20.4. The molecule has 3 rings (SSSR count). The third kappa shape index (κ3) is 5.29. The van der Waals surface area contributed by atoms with Crippen molar-refractivity contribution in [3.05, 3.63) is 35.5 Å². The number of hydrogen-bond acceptors (Lipinski definition) is 4. The van der Waals surface area contributed by atoms with Crippen LogP contribution in [-0.4, -0.2) is 50.8 Å². The summed E-state index contributed by atoms with van der Waals surface area (Å²) in [6, 6.07) is 0. The predicted molar refractivity (Wildman–Crippen MR) is 126 cm³/mol. The molecule has 3 aliphatic carbocycles. The minimum atomic E-state index is -3.32. The largest absolute Gasteiger partial charge is 0.393 e. The Morgan fingerprint density at radius 2 is 1.94 bits per heavy atom. The van der Waals surface area contributed by atoms with Crippen molar-refractivity contribution >= 4 is 0 Å². The summed E-state index contributed by atoms with van der Waals surface area (Å²) in [6.07, 6.45) is 8.85. The third-order valence-corrected chi connectivity index (χ3v) is 9.00. The molecule has 3 saturated carbocycles. The van der Waals surface area contributed by atoms with Crippen molar-refractivity contribution < 1.29 is 29.2 Å². The highest BCUT2D eigenvalue weighted by Gasteiger charge is 2.52. The third-order valence-electron chi connectivity index (χ3n) is 9.00. The molecule has 0 aromatic carbocycles. The van der Waals surface area contributed by atoms with Gasteiger partial charge >= 0.3 is 0 Å². The van der Waals surface area contributed by atoms with Gasteiger partial charge < -0.3 is 20.4 Å². The van der Waals surface area contributed by atoms with Gasteiger partial charge in [0.15, 0.2) is 0 Å². The van der Waals surface area contributed by atoms with E-state index >= 15 is 0 Å². The lowest BCUT2D eigenvalue weighted by Crippen LogP contribution is -2.48. The van der Waals surface area contributed by atoms with Crippen LogP contribution in [-0.2, 0) is 0 Å². The van der Waals surface area contributed by atoms with E-state index in [9.17, 15) is 24.1 Å². The first-order valence-corrected chi connectivity index (χ1v) is 12.5. The Morgan fingerprint density at radius 3 is 2.61 bits per heavy atom. The monoisotopic (exact) mass is 468 g/mol. The van der Waals surface area contributed by atoms with Crippen molar-refractivity contribution in [1.29, 1.82) is 0 Å². The van der Waals surface area contributed by atoms with Crippen LogP contribution in [0.1, 0.15) is 78.6 Å². The van der Waals surface area contributed by atoms with Gasteiger partial charge in [-0.25, -0.2) is 8.78 Å². The average Bonchev–Trinajstić information content (AvgIpc) is 3.11. The first kappa shape index (κ1) is 26.5. The van der Waals surface area contributed by atoms with Crippen LogP contribution in [0.25, 0.3) is 0 Å². The van der Waals surface area contributed by atoms with E-state index in [0.717, 1.165) is 44.6 Å². The average molecular weight is 469 g/mol. The van der Waals surface area contributed by atoms with Gasteiger partial charge in [0.25, 0.3) is 5.92 Å². The maximum Gasteiger partial charge on any atom is 0.278 e. The number of aliphatic hydroxyl groups excluding tert-OH is 3. The molecular formula is C27H42F2O4. The lowest BCUT2D eigenvalue weighted by molar-refractivity contribution is -0.194. The Morgan fingerprint density at radius 1 is 1.24 bits per heavy atom. The maximum absolute atomic E-state index is 14.4. The molecule has 0 bridgehead atoms. The molecule has 33 heavy (non-hydrogen) atoms. The lowest BCUT2D eigenvalue weighted by atomic mass is 9.60. The summed E-state index contributed by atoms with van der Waals surface area (Å²) < 4.78 is 28.9. The number of allylic oxidation sites excluding steroid dienone is 3. The van der Waals surface area contributed by atoms with Gasteiger partial charge in [-0.15, -0.1) is 0 Å². The van der Waals surface area contributed by atoms with E-state index in [1.54, 1.807) is 0 Å². The molecule has 6 heteroatoms. The topological polar surface area (TPSA) is 80.9 Å². The van der Waals surface area contributed by atoms with Crippen LogP contribution in [0.5, 0.6) is 0 Å². The second-order valence-corrected chi connectivity index (χ2v) is 11.3. The Labute approximate surface area is 197 Å². The van der Waals surface area contributed by atoms with Gasteiger partial charge in [-0.3, -0.25) is 0 Å². The fourth-order valence-electron chi connectivity index (χ4n) is 6.67. The molecule has 0 aromatic rings. The van der Waals surface area contributed by atoms with Gasteiger partial charge in [-0.1, -0.05) is 38.2 Å². The minimum Gasteiger partial charge on any atom is -0.393 e. The molecule has 3 fully saturated rings. The van der Waals surface area contributed by atoms with Crippen molar-refractivity contribution in [1.82, 2.24) is 0 Å². The van der Waals surface area contributed by atoms with Crippen LogP contribution in [0.2, 0.25) is 0 Å². The van der Waals surface area contributed by atoms with Crippen LogP contribution in [0, 0.1) is 23.2 Å². The zero-order valence-corrected chi connectivity index (χ0v) is 20.4. The number of rotatable bonds is 7. The number of halogens is 2. The fraction of sp³-hybridized carbons (Fsp3) is 0.778. The summed E-state index contributed by atoms with van der Waals surface area (Å²) in [6.45, 7) is 8.40. The minimum absolute atomic E-state index is 0.0550. The molecule has 188 valence electrons. The number of aliphatic hydroxyl groups is 4. The van der Waals surface area contributed by atoms with Crippen LogP contribution in [0.3, 0.4) is 0 Å². The zero-order chi connectivity index (χ0) is 24.6. The van der Waals surface area contributed by atoms with Gasteiger partial charge in [-0.2, -0.15) is 0 Å². The van der Waals surface area contributed by atoms with E-state index in [2.05, 4.69) is 26.5 Å². The molecule has 0 aromatic heterocycles. The molecule has 1 unspecified atom stereocenters. The van der Waals surface area contributed by atoms with Crippen LogP contribution in [0.4, 0.5) is 8.78 Å². The lowest BCUT2D eigenvalue weighted by Gasteiger charge is -2.44. The summed E-state index contributed by atoms with van der Waals surface area (Å²) in [5.74, 6) is -2.48. The van der Waals surface area contributed by atoms with E-state index in [0.29, 0.717) is 36.7 Å². The molecule has 3 aliphatic rings. The summed E-state index contributed by atoms with van der Waals surface area (Å²) in [5, 5.41) is 39.1. The van der Waals surface area contributed by atoms with Crippen molar-refractivity contribution in [2.24, 2.45) is 23.2 Å². The summed E-state index contributed by atoms with van der Waals surface area (Å²) in [7, 11) is 0. The molecule has 4 nitrogen and oxygen atoms in total. The Balaban J connectivity index is 1.72. The van der Waals surface area contributed by atoms with Crippen LogP contribution < -0.4 is 0 Å². The molecule has 0 heterocycles. The van der Waals surface area contributed by atoms with Gasteiger partial charge in [0.2, 0.25) is 0 Å². The van der Waals surface area contributed by atoms with E-state index < -0.39 is 36.8 Å². The van der Waals surface area contributed by atoms with Crippen LogP contribution >= 0.6 is 0 Å². The van der Waals surface area contributed by atoms with Crippen molar-refractivity contribution in [3.63, 3.8) is 0 Å². The first-order valence-electron chi connectivity index (χ1n) is 12.5. The van der Waals surface area contributed by atoms with Gasteiger partial charge in [0, 0.05) is 12.8 Å². The summed E-state index contributed by atoms with van der Waals surface area (Å²) in [4.78, 5) is 0. The van der Waals surface area contributed by atoms with Crippen LogP contribution in [0.15, 0.2) is 35.5 Å². The normalized spacial score (nSPS) is 38.4. The number of fused-ring (bicyclic) bond motifs is 1. The number of hydrogen-bond donors (Lipinski definition) is 4. The molecule has 0 aliphatic heterocycles. The summed E-state index contributed by atoms with van der Waals surface area (Å²) in [5.41, 5.74) is 0.629. The molecule has 4 N–H and O–H groups in total. The Kier molecular flexibility index (Phi) is 7.94. The van der Waals surface area contributed by atoms with Gasteiger partial charge in [0.05, 0.1) is 18.8 Å². The van der Waals surface area contributed by atoms with E-state index in [1.165, 1.54) is 5.57 Å². The summed E-state index contributed by atoms with van der Waals surface area (Å²) >= 11 is 0. The fourth-order valence-corrected chi connectivity index (χ4v) is 6.67. The first-order chi connectivity index (χ1) is 15.3. The standard InChI is InChI=1S/C27H42F2O4/c1-17(11-13-27(28,29)26(4,33)16-30)22-9-10-23-19(6-5-12-25(22,23)3)7-8-20-14-21(31)15-24(32)18(20)2/h7-8,17,21-24,30-33H,2,5-6,9-16H2,1,3-4H3/b19-7+,20-8-/t17-,21-,22-,23+,24+,25-,26?/m1/s1. The highest BCUT2D eigenvalue weighted by atomic mass is 19.3. The second-order valence-electron chi connectivity index (χ2n) is 11.3. The van der Waals surface area contributed by atoms with Crippen molar-refractivity contribution in [3.8, 4) is 0 Å². The SMILES string of the molecule is C=C1/C(=C\C=C2/CCC[C@]3(C)[C@@H]([C@H](C)CCC(F)(F)C(C)(O)CO)CC[C@@H]23)C[C@@H](O)C[C@@H]1O. The van der Waals surface area contributed by atoms with Crippen molar-refractivity contribution in [2.45, 2.75) is 102 Å². The maximum atomic E-state index is 14.4. The van der Waals surface area contributed by atoms with E-state index in [-0.39, 0.29) is 11.3 Å². The smallest absolute Gasteiger partial charge is 0.278 e. The van der Waals surface area contributed by atoms with Gasteiger partial charge in [-0.05, 0) is 86.2 Å². The highest BCUT2D eigenvalue weighted by molar-refractivity contribution is 5.38. The number of alkyl halides is 2. The Bertz CT molecular complexity index is 787. The predicted octanol–water partition coefficient (Wildman–Crippen LogP) is 4.92. The van der Waals surface area contributed by atoms with E-state index in [4.69, 9.17) is 5.11 Å². The van der Waals surface area contributed by atoms with Gasteiger partial charge in [0.1, 0.15) is 5.60 Å². The molecule has 0 saturated heterocycles. The highest BCUT2D eigenvalue weighted by Crippen LogP contribution is 2.60. The van der Waals surface area contributed by atoms with Crippen molar-refractivity contribution in [2.75, 3.05) is 6.61 Å². The van der Waals surface area contributed by atoms with E-state index in [1.807, 2.05) is 6.08 Å². The molecule has 7 atom stereocenters. The molecular weight excluding hydrogens is 426 g/mol.